The SMILES string of the molecule is N#C/C(=C\c1ccc(-c2ccc([N+](=O)[O-])cc2Cl)o1)C(=O)Nc1cc2c(cc1[N+](=O)[O-])OCCO2. The zero-order chi connectivity index (χ0) is 25.1. The number of furan rings is 1. The predicted molar refractivity (Wildman–Crippen MR) is 122 cm³/mol. The van der Waals surface area contributed by atoms with Crippen molar-refractivity contribution in [1.82, 2.24) is 0 Å². The van der Waals surface area contributed by atoms with E-state index in [0.29, 0.717) is 5.56 Å². The van der Waals surface area contributed by atoms with E-state index in [1.54, 1.807) is 6.07 Å². The molecule has 1 N–H and O–H groups in total. The molecule has 176 valence electrons. The Labute approximate surface area is 201 Å². The maximum Gasteiger partial charge on any atom is 0.296 e. The second kappa shape index (κ2) is 9.54. The molecule has 0 bridgehead atoms. The number of fused-ring (bicyclic) bond motifs is 1. The summed E-state index contributed by atoms with van der Waals surface area (Å²) in [4.78, 5) is 33.8. The fourth-order valence-electron chi connectivity index (χ4n) is 3.20. The van der Waals surface area contributed by atoms with Crippen LogP contribution in [0.1, 0.15) is 5.76 Å². The van der Waals surface area contributed by atoms with Crippen molar-refractivity contribution in [2.45, 2.75) is 0 Å². The lowest BCUT2D eigenvalue weighted by atomic mass is 10.1. The highest BCUT2D eigenvalue weighted by molar-refractivity contribution is 6.33. The van der Waals surface area contributed by atoms with Crippen molar-refractivity contribution in [3.63, 3.8) is 0 Å². The van der Waals surface area contributed by atoms with E-state index in [2.05, 4.69) is 5.32 Å². The molecule has 0 saturated heterocycles. The molecule has 13 heteroatoms. The summed E-state index contributed by atoms with van der Waals surface area (Å²) in [6, 6.07) is 10.9. The van der Waals surface area contributed by atoms with E-state index in [9.17, 15) is 30.3 Å². The van der Waals surface area contributed by atoms with Gasteiger partial charge in [0.15, 0.2) is 11.5 Å². The molecule has 0 aliphatic carbocycles. The smallest absolute Gasteiger partial charge is 0.296 e. The van der Waals surface area contributed by atoms with E-state index in [4.69, 9.17) is 25.5 Å². The highest BCUT2D eigenvalue weighted by atomic mass is 35.5. The molecule has 1 aliphatic rings. The summed E-state index contributed by atoms with van der Waals surface area (Å²) in [5.41, 5.74) is -0.838. The number of carbonyl (C=O) groups excluding carboxylic acids is 1. The number of amides is 1. The molecule has 1 amide bonds. The van der Waals surface area contributed by atoms with Crippen LogP contribution in [-0.4, -0.2) is 29.0 Å². The Balaban J connectivity index is 1.59. The average Bonchev–Trinajstić information content (AvgIpc) is 3.30. The van der Waals surface area contributed by atoms with Gasteiger partial charge in [-0.1, -0.05) is 11.6 Å². The molecule has 4 rings (SSSR count). The second-order valence-electron chi connectivity index (χ2n) is 7.02. The number of nitro groups is 2. The zero-order valence-corrected chi connectivity index (χ0v) is 18.3. The number of hydrogen-bond donors (Lipinski definition) is 1. The van der Waals surface area contributed by atoms with Crippen LogP contribution in [0.3, 0.4) is 0 Å². The lowest BCUT2D eigenvalue weighted by Gasteiger charge is -2.19. The Kier molecular flexibility index (Phi) is 6.34. The number of hydrogen-bond acceptors (Lipinski definition) is 9. The van der Waals surface area contributed by atoms with Gasteiger partial charge in [-0.25, -0.2) is 0 Å². The van der Waals surface area contributed by atoms with Crippen molar-refractivity contribution in [2.24, 2.45) is 0 Å². The lowest BCUT2D eigenvalue weighted by molar-refractivity contribution is -0.384. The Morgan fingerprint density at radius 2 is 1.77 bits per heavy atom. The third-order valence-corrected chi connectivity index (χ3v) is 5.13. The Bertz CT molecular complexity index is 1440. The maximum atomic E-state index is 12.7. The lowest BCUT2D eigenvalue weighted by Crippen LogP contribution is -2.18. The van der Waals surface area contributed by atoms with Gasteiger partial charge in [0.25, 0.3) is 17.3 Å². The molecule has 0 radical (unpaired) electrons. The molecular formula is C22H13ClN4O8. The summed E-state index contributed by atoms with van der Waals surface area (Å²) in [6.07, 6.45) is 1.14. The molecule has 35 heavy (non-hydrogen) atoms. The van der Waals surface area contributed by atoms with Gasteiger partial charge in [-0.15, -0.1) is 0 Å². The molecule has 0 saturated carbocycles. The molecule has 0 fully saturated rings. The molecule has 0 atom stereocenters. The first-order valence-electron chi connectivity index (χ1n) is 9.82. The Morgan fingerprint density at radius 3 is 2.40 bits per heavy atom. The number of nitro benzene ring substituents is 2. The third-order valence-electron chi connectivity index (χ3n) is 4.81. The first-order valence-corrected chi connectivity index (χ1v) is 10.2. The summed E-state index contributed by atoms with van der Waals surface area (Å²) < 4.78 is 16.3. The van der Waals surface area contributed by atoms with E-state index in [1.165, 1.54) is 36.4 Å². The number of nitrogens with zero attached hydrogens (tertiary/aromatic N) is 3. The van der Waals surface area contributed by atoms with E-state index < -0.39 is 27.0 Å². The summed E-state index contributed by atoms with van der Waals surface area (Å²) in [5, 5.41) is 34.2. The molecule has 0 spiro atoms. The van der Waals surface area contributed by atoms with Crippen molar-refractivity contribution < 1.29 is 28.5 Å². The highest BCUT2D eigenvalue weighted by Crippen LogP contribution is 2.39. The van der Waals surface area contributed by atoms with E-state index in [1.807, 2.05) is 0 Å². The minimum atomic E-state index is -0.918. The normalized spacial score (nSPS) is 12.5. The first-order chi connectivity index (χ1) is 16.8. The number of nitriles is 1. The zero-order valence-electron chi connectivity index (χ0n) is 17.5. The number of rotatable bonds is 6. The maximum absolute atomic E-state index is 12.7. The van der Waals surface area contributed by atoms with Gasteiger partial charge in [0.2, 0.25) is 0 Å². The molecule has 0 unspecified atom stereocenters. The van der Waals surface area contributed by atoms with E-state index in [0.717, 1.165) is 12.1 Å². The van der Waals surface area contributed by atoms with Gasteiger partial charge in [0.05, 0.1) is 20.9 Å². The van der Waals surface area contributed by atoms with E-state index >= 15 is 0 Å². The number of ether oxygens (including phenoxy) is 2. The molecule has 12 nitrogen and oxygen atoms in total. The standard InChI is InChI=1S/C22H13ClN4O8/c23-16-8-13(26(29)30)1-3-15(16)19-4-2-14(35-19)7-12(11-24)22(28)25-17-9-20-21(34-6-5-33-20)10-18(17)27(31)32/h1-4,7-10H,5-6H2,(H,25,28)/b12-7+. The van der Waals surface area contributed by atoms with Crippen LogP contribution < -0.4 is 14.8 Å². The molecule has 2 heterocycles. The van der Waals surface area contributed by atoms with Gasteiger partial charge in [-0.2, -0.15) is 5.26 Å². The van der Waals surface area contributed by atoms with Crippen LogP contribution in [0, 0.1) is 31.6 Å². The van der Waals surface area contributed by atoms with Crippen molar-refractivity contribution in [2.75, 3.05) is 18.5 Å². The minimum absolute atomic E-state index is 0.0771. The monoisotopic (exact) mass is 496 g/mol. The van der Waals surface area contributed by atoms with Gasteiger partial charge >= 0.3 is 0 Å². The summed E-state index contributed by atoms with van der Waals surface area (Å²) in [7, 11) is 0. The minimum Gasteiger partial charge on any atom is -0.486 e. The van der Waals surface area contributed by atoms with Crippen LogP contribution in [-0.2, 0) is 4.79 Å². The van der Waals surface area contributed by atoms with Crippen molar-refractivity contribution in [1.29, 1.82) is 5.26 Å². The van der Waals surface area contributed by atoms with Crippen molar-refractivity contribution in [3.8, 4) is 28.9 Å². The molecular weight excluding hydrogens is 484 g/mol. The van der Waals surface area contributed by atoms with Crippen LogP contribution >= 0.6 is 11.6 Å². The number of halogens is 1. The van der Waals surface area contributed by atoms with Crippen molar-refractivity contribution in [3.05, 3.63) is 79.0 Å². The Hall–Kier alpha value is -4.89. The van der Waals surface area contributed by atoms with E-state index in [-0.39, 0.29) is 52.6 Å². The number of anilines is 1. The fourth-order valence-corrected chi connectivity index (χ4v) is 3.47. The van der Waals surface area contributed by atoms with Gasteiger partial charge in [-0.3, -0.25) is 25.0 Å². The average molecular weight is 497 g/mol. The second-order valence-corrected chi connectivity index (χ2v) is 7.42. The van der Waals surface area contributed by atoms with Crippen LogP contribution in [0.4, 0.5) is 17.1 Å². The van der Waals surface area contributed by atoms with Crippen LogP contribution in [0.15, 0.2) is 52.5 Å². The van der Waals surface area contributed by atoms with Crippen LogP contribution in [0.5, 0.6) is 11.5 Å². The van der Waals surface area contributed by atoms with Crippen LogP contribution in [0.2, 0.25) is 5.02 Å². The summed E-state index contributed by atoms with van der Waals surface area (Å²) in [6.45, 7) is 0.467. The summed E-state index contributed by atoms with van der Waals surface area (Å²) >= 11 is 6.11. The largest absolute Gasteiger partial charge is 0.486 e. The number of nitrogens with one attached hydrogen (secondary N) is 1. The number of carbonyl (C=O) groups is 1. The molecule has 1 aromatic heterocycles. The highest BCUT2D eigenvalue weighted by Gasteiger charge is 2.24. The number of non-ortho nitro benzene ring substituents is 1. The van der Waals surface area contributed by atoms with Gasteiger partial charge in [0, 0.05) is 29.8 Å². The molecule has 2 aromatic carbocycles. The first kappa shape index (κ1) is 23.3. The van der Waals surface area contributed by atoms with Gasteiger partial charge in [0.1, 0.15) is 42.1 Å². The van der Waals surface area contributed by atoms with Gasteiger partial charge in [-0.05, 0) is 18.2 Å². The van der Waals surface area contributed by atoms with Crippen molar-refractivity contribution >= 4 is 40.6 Å². The summed E-state index contributed by atoms with van der Waals surface area (Å²) in [5.74, 6) is -0.173. The fraction of sp³-hybridized carbons (Fsp3) is 0.0909. The Morgan fingerprint density at radius 1 is 1.06 bits per heavy atom. The molecule has 1 aliphatic heterocycles. The number of benzene rings is 2. The third kappa shape index (κ3) is 4.90. The quantitative estimate of drug-likeness (QED) is 0.219. The topological polar surface area (TPSA) is 171 Å². The predicted octanol–water partition coefficient (Wildman–Crippen LogP) is 4.73. The van der Waals surface area contributed by atoms with Crippen LogP contribution in [0.25, 0.3) is 17.4 Å². The molecule has 3 aromatic rings. The van der Waals surface area contributed by atoms with Gasteiger partial charge < -0.3 is 19.2 Å².